The third-order valence-electron chi connectivity index (χ3n) is 4.15. The zero-order chi connectivity index (χ0) is 12.7. The Kier molecular flexibility index (Phi) is 3.37. The fourth-order valence-corrected chi connectivity index (χ4v) is 3.68. The maximum Gasteiger partial charge on any atom is 0.228 e. The van der Waals surface area contributed by atoms with Crippen molar-refractivity contribution in [2.75, 3.05) is 5.32 Å². The van der Waals surface area contributed by atoms with E-state index in [4.69, 9.17) is 11.6 Å². The predicted molar refractivity (Wildman–Crippen MR) is 76.7 cm³/mol. The molecule has 0 spiro atoms. The molecule has 0 aliphatic heterocycles. The number of fused-ring (bicyclic) bond motifs is 1. The molecule has 18 heavy (non-hydrogen) atoms. The number of halogens is 2. The summed E-state index contributed by atoms with van der Waals surface area (Å²) < 4.78 is 0.815. The second kappa shape index (κ2) is 4.86. The molecule has 2 fully saturated rings. The molecule has 4 heteroatoms. The molecule has 2 atom stereocenters. The van der Waals surface area contributed by atoms with E-state index in [2.05, 4.69) is 21.2 Å². The summed E-state index contributed by atoms with van der Waals surface area (Å²) in [7, 11) is 0. The van der Waals surface area contributed by atoms with Crippen molar-refractivity contribution in [1.82, 2.24) is 0 Å². The van der Waals surface area contributed by atoms with Gasteiger partial charge in [0.2, 0.25) is 5.91 Å². The van der Waals surface area contributed by atoms with E-state index in [1.54, 1.807) is 6.07 Å². The summed E-state index contributed by atoms with van der Waals surface area (Å²) in [4.78, 5) is 12.2. The molecular formula is C14H15BrClNO. The highest BCUT2D eigenvalue weighted by Crippen LogP contribution is 2.55. The van der Waals surface area contributed by atoms with E-state index in [1.807, 2.05) is 12.1 Å². The standard InChI is InChI=1S/C14H15BrClNO/c15-11-7-8(5-6-12(11)16)17-14(18)13-9-3-1-2-4-10(9)13/h5-7,9-10,13H,1-4H2,(H,17,18). The molecule has 1 N–H and O–H groups in total. The molecular weight excluding hydrogens is 314 g/mol. The van der Waals surface area contributed by atoms with Crippen LogP contribution in [0.2, 0.25) is 5.02 Å². The van der Waals surface area contributed by atoms with Gasteiger partial charge in [-0.1, -0.05) is 24.4 Å². The van der Waals surface area contributed by atoms with E-state index in [9.17, 15) is 4.79 Å². The molecule has 2 nitrogen and oxygen atoms in total. The lowest BCUT2D eigenvalue weighted by Gasteiger charge is -2.06. The normalized spacial score (nSPS) is 29.6. The smallest absolute Gasteiger partial charge is 0.228 e. The van der Waals surface area contributed by atoms with Gasteiger partial charge in [-0.05, 0) is 58.8 Å². The Labute approximate surface area is 120 Å². The Morgan fingerprint density at radius 3 is 2.56 bits per heavy atom. The van der Waals surface area contributed by atoms with Gasteiger partial charge in [0.15, 0.2) is 0 Å². The number of carbonyl (C=O) groups is 1. The molecule has 1 aromatic carbocycles. The third-order valence-corrected chi connectivity index (χ3v) is 5.36. The second-order valence-electron chi connectivity index (χ2n) is 5.26. The number of nitrogens with one attached hydrogen (secondary N) is 1. The van der Waals surface area contributed by atoms with Crippen LogP contribution in [0.1, 0.15) is 25.7 Å². The molecule has 0 heterocycles. The number of amides is 1. The number of benzene rings is 1. The van der Waals surface area contributed by atoms with Gasteiger partial charge in [0, 0.05) is 16.1 Å². The highest BCUT2D eigenvalue weighted by molar-refractivity contribution is 9.10. The average molecular weight is 329 g/mol. The monoisotopic (exact) mass is 327 g/mol. The van der Waals surface area contributed by atoms with E-state index < -0.39 is 0 Å². The van der Waals surface area contributed by atoms with Crippen LogP contribution in [-0.4, -0.2) is 5.91 Å². The Bertz CT molecular complexity index is 479. The lowest BCUT2D eigenvalue weighted by Crippen LogP contribution is -2.15. The SMILES string of the molecule is O=C(Nc1ccc(Cl)c(Br)c1)C1C2CCCCC21. The van der Waals surface area contributed by atoms with Crippen LogP contribution in [0, 0.1) is 17.8 Å². The van der Waals surface area contributed by atoms with E-state index >= 15 is 0 Å². The van der Waals surface area contributed by atoms with E-state index in [0.717, 1.165) is 10.2 Å². The molecule has 2 aliphatic rings. The number of anilines is 1. The Balaban J connectivity index is 1.66. The molecule has 96 valence electrons. The first kappa shape index (κ1) is 12.5. The predicted octanol–water partition coefficient (Wildman–Crippen LogP) is 4.48. The van der Waals surface area contributed by atoms with Crippen LogP contribution in [0.15, 0.2) is 22.7 Å². The van der Waals surface area contributed by atoms with Crippen molar-refractivity contribution >= 4 is 39.1 Å². The highest BCUT2D eigenvalue weighted by atomic mass is 79.9. The quantitative estimate of drug-likeness (QED) is 0.852. The van der Waals surface area contributed by atoms with Crippen molar-refractivity contribution in [1.29, 1.82) is 0 Å². The van der Waals surface area contributed by atoms with Gasteiger partial charge in [0.05, 0.1) is 5.02 Å². The lowest BCUT2D eigenvalue weighted by molar-refractivity contribution is -0.117. The van der Waals surface area contributed by atoms with Crippen LogP contribution in [0.25, 0.3) is 0 Å². The van der Waals surface area contributed by atoms with Crippen LogP contribution in [0.5, 0.6) is 0 Å². The molecule has 3 rings (SSSR count). The minimum atomic E-state index is 0.182. The zero-order valence-corrected chi connectivity index (χ0v) is 12.3. The maximum absolute atomic E-state index is 12.2. The van der Waals surface area contributed by atoms with Gasteiger partial charge in [-0.25, -0.2) is 0 Å². The topological polar surface area (TPSA) is 29.1 Å². The average Bonchev–Trinajstić information content (AvgIpc) is 3.08. The van der Waals surface area contributed by atoms with Gasteiger partial charge in [-0.2, -0.15) is 0 Å². The fraction of sp³-hybridized carbons (Fsp3) is 0.500. The van der Waals surface area contributed by atoms with Gasteiger partial charge < -0.3 is 5.32 Å². The van der Waals surface area contributed by atoms with E-state index in [-0.39, 0.29) is 11.8 Å². The Hall–Kier alpha value is -0.540. The molecule has 1 amide bonds. The molecule has 0 aromatic heterocycles. The van der Waals surface area contributed by atoms with Crippen molar-refractivity contribution < 1.29 is 4.79 Å². The first-order valence-electron chi connectivity index (χ1n) is 6.43. The first-order valence-corrected chi connectivity index (χ1v) is 7.60. The van der Waals surface area contributed by atoms with Gasteiger partial charge in [0.25, 0.3) is 0 Å². The number of hydrogen-bond acceptors (Lipinski definition) is 1. The number of hydrogen-bond donors (Lipinski definition) is 1. The minimum Gasteiger partial charge on any atom is -0.326 e. The van der Waals surface area contributed by atoms with Crippen molar-refractivity contribution in [3.63, 3.8) is 0 Å². The van der Waals surface area contributed by atoms with E-state index in [1.165, 1.54) is 25.7 Å². The Morgan fingerprint density at radius 1 is 1.28 bits per heavy atom. The molecule has 2 aliphatic carbocycles. The summed E-state index contributed by atoms with van der Waals surface area (Å²) in [6.45, 7) is 0. The number of rotatable bonds is 2. The van der Waals surface area contributed by atoms with Crippen LogP contribution < -0.4 is 5.32 Å². The van der Waals surface area contributed by atoms with E-state index in [0.29, 0.717) is 16.9 Å². The van der Waals surface area contributed by atoms with Crippen molar-refractivity contribution in [3.8, 4) is 0 Å². The maximum atomic E-state index is 12.2. The van der Waals surface area contributed by atoms with Gasteiger partial charge >= 0.3 is 0 Å². The fourth-order valence-electron chi connectivity index (χ4n) is 3.18. The minimum absolute atomic E-state index is 0.182. The summed E-state index contributed by atoms with van der Waals surface area (Å²) in [5.74, 6) is 1.73. The van der Waals surface area contributed by atoms with Crippen LogP contribution >= 0.6 is 27.5 Å². The molecule has 0 radical (unpaired) electrons. The molecule has 1 aromatic rings. The van der Waals surface area contributed by atoms with Gasteiger partial charge in [-0.15, -0.1) is 0 Å². The van der Waals surface area contributed by atoms with Crippen molar-refractivity contribution in [2.24, 2.45) is 17.8 Å². The van der Waals surface area contributed by atoms with Crippen molar-refractivity contribution in [2.45, 2.75) is 25.7 Å². The summed E-state index contributed by atoms with van der Waals surface area (Å²) >= 11 is 9.30. The first-order chi connectivity index (χ1) is 8.66. The molecule has 0 bridgehead atoms. The molecule has 0 saturated heterocycles. The van der Waals surface area contributed by atoms with Crippen molar-refractivity contribution in [3.05, 3.63) is 27.7 Å². The van der Waals surface area contributed by atoms with Crippen LogP contribution in [0.3, 0.4) is 0 Å². The molecule has 2 saturated carbocycles. The summed E-state index contributed by atoms with van der Waals surface area (Å²) in [6, 6.07) is 5.49. The van der Waals surface area contributed by atoms with Gasteiger partial charge in [0.1, 0.15) is 0 Å². The lowest BCUT2D eigenvalue weighted by atomic mass is 10.0. The van der Waals surface area contributed by atoms with Crippen LogP contribution in [-0.2, 0) is 4.79 Å². The zero-order valence-electron chi connectivity index (χ0n) is 9.96. The summed E-state index contributed by atoms with van der Waals surface area (Å²) in [5, 5.41) is 3.66. The molecule has 2 unspecified atom stereocenters. The number of carbonyl (C=O) groups excluding carboxylic acids is 1. The second-order valence-corrected chi connectivity index (χ2v) is 6.52. The highest BCUT2D eigenvalue weighted by Gasteiger charge is 2.54. The Morgan fingerprint density at radius 2 is 1.94 bits per heavy atom. The van der Waals surface area contributed by atoms with Crippen LogP contribution in [0.4, 0.5) is 5.69 Å². The van der Waals surface area contributed by atoms with Gasteiger partial charge in [-0.3, -0.25) is 4.79 Å². The third kappa shape index (κ3) is 2.30. The summed E-state index contributed by atoms with van der Waals surface area (Å²) in [6.07, 6.45) is 5.04. The largest absolute Gasteiger partial charge is 0.326 e. The summed E-state index contributed by atoms with van der Waals surface area (Å²) in [5.41, 5.74) is 0.819.